The topological polar surface area (TPSA) is 91.8 Å². The van der Waals surface area contributed by atoms with Crippen molar-refractivity contribution in [3.63, 3.8) is 0 Å². The van der Waals surface area contributed by atoms with E-state index in [0.29, 0.717) is 22.7 Å². The number of carbonyl (C=O) groups is 2. The fourth-order valence-corrected chi connectivity index (χ4v) is 5.56. The van der Waals surface area contributed by atoms with Gasteiger partial charge in [0.05, 0.1) is 27.4 Å². The fourth-order valence-electron chi connectivity index (χ4n) is 4.44. The second-order valence-electron chi connectivity index (χ2n) is 9.07. The molecule has 4 aromatic rings. The molecule has 3 aromatic carbocycles. The number of phenols is 1. The molecule has 6 rings (SSSR count). The maximum Gasteiger partial charge on any atom is 0.410 e. The van der Waals surface area contributed by atoms with E-state index in [1.807, 2.05) is 29.2 Å². The largest absolute Gasteiger partial charge is 0.507 e. The van der Waals surface area contributed by atoms with Gasteiger partial charge >= 0.3 is 6.09 Å². The minimum atomic E-state index is -0.722. The average molecular weight is 554 g/mol. The summed E-state index contributed by atoms with van der Waals surface area (Å²) >= 11 is 7.18. The van der Waals surface area contributed by atoms with E-state index >= 15 is 0 Å². The van der Waals surface area contributed by atoms with Crippen LogP contribution in [0.4, 0.5) is 9.18 Å². The molecule has 2 aliphatic heterocycles. The van der Waals surface area contributed by atoms with Crippen LogP contribution in [0.5, 0.6) is 5.75 Å². The molecule has 3 heterocycles. The van der Waals surface area contributed by atoms with Gasteiger partial charge < -0.3 is 20.1 Å². The highest BCUT2D eigenvalue weighted by Gasteiger charge is 2.34. The van der Waals surface area contributed by atoms with Gasteiger partial charge in [0, 0.05) is 18.1 Å². The Bertz CT molecular complexity index is 1440. The lowest BCUT2D eigenvalue weighted by Crippen LogP contribution is -2.37. The highest BCUT2D eigenvalue weighted by Crippen LogP contribution is 2.36. The third-order valence-corrected chi connectivity index (χ3v) is 7.80. The first-order valence-electron chi connectivity index (χ1n) is 12.2. The molecule has 2 aliphatic rings. The molecule has 1 aromatic heterocycles. The number of halogens is 2. The van der Waals surface area contributed by atoms with E-state index < -0.39 is 11.7 Å². The van der Waals surface area contributed by atoms with Crippen molar-refractivity contribution in [2.75, 3.05) is 13.2 Å². The van der Waals surface area contributed by atoms with Crippen LogP contribution in [0.15, 0.2) is 60.7 Å². The Morgan fingerprint density at radius 2 is 1.97 bits per heavy atom. The Labute approximate surface area is 227 Å². The van der Waals surface area contributed by atoms with E-state index in [9.17, 15) is 19.1 Å². The third kappa shape index (κ3) is 5.74. The molecule has 0 spiro atoms. The van der Waals surface area contributed by atoms with Gasteiger partial charge in [-0.3, -0.25) is 4.79 Å². The number of rotatable bonds is 4. The van der Waals surface area contributed by atoms with Crippen molar-refractivity contribution in [2.24, 2.45) is 0 Å². The molecule has 2 N–H and O–H groups in total. The molecule has 2 amide bonds. The summed E-state index contributed by atoms with van der Waals surface area (Å²) in [6.45, 7) is 1.75. The number of para-hydroxylation sites is 1. The molecule has 2 fully saturated rings. The van der Waals surface area contributed by atoms with Crippen molar-refractivity contribution in [1.82, 2.24) is 15.2 Å². The Kier molecular flexibility index (Phi) is 7.76. The normalized spacial score (nSPS) is 16.4. The first kappa shape index (κ1) is 25.9. The van der Waals surface area contributed by atoms with Gasteiger partial charge in [0.15, 0.2) is 0 Å². The highest BCUT2D eigenvalue weighted by molar-refractivity contribution is 7.21. The number of phenolic OH excluding ortho intramolecular Hbond substituents is 1. The number of ether oxygens (including phenoxy) is 1. The molecular weight excluding hydrogens is 529 g/mol. The molecule has 1 atom stereocenters. The summed E-state index contributed by atoms with van der Waals surface area (Å²) in [6, 6.07) is 17.1. The van der Waals surface area contributed by atoms with Gasteiger partial charge in [-0.2, -0.15) is 0 Å². The monoisotopic (exact) mass is 553 g/mol. The average Bonchev–Trinajstić information content (AvgIpc) is 3.53. The number of nitrogens with one attached hydrogen (secondary N) is 1. The molecule has 7 nitrogen and oxygen atoms in total. The molecule has 10 heteroatoms. The van der Waals surface area contributed by atoms with Crippen molar-refractivity contribution in [1.29, 1.82) is 0 Å². The number of hydrogen-bond donors (Lipinski definition) is 2. The van der Waals surface area contributed by atoms with E-state index in [1.165, 1.54) is 17.8 Å². The summed E-state index contributed by atoms with van der Waals surface area (Å²) in [4.78, 5) is 29.5. The predicted molar refractivity (Wildman–Crippen MR) is 145 cm³/mol. The van der Waals surface area contributed by atoms with Crippen LogP contribution >= 0.6 is 22.9 Å². The first-order valence-corrected chi connectivity index (χ1v) is 13.4. The lowest BCUT2D eigenvalue weighted by Gasteiger charge is -2.25. The SMILES string of the molecule is O=C(NCc1ccc(Cl)cc1)c1cc(O)c(-c2nc3ccccc3s2)cc1F.O=C1OCC2CCCCN12. The third-order valence-electron chi connectivity index (χ3n) is 6.48. The number of amides is 2. The quantitative estimate of drug-likeness (QED) is 0.306. The van der Waals surface area contributed by atoms with Crippen LogP contribution in [0.1, 0.15) is 35.2 Å². The van der Waals surface area contributed by atoms with Crippen molar-refractivity contribution in [2.45, 2.75) is 31.8 Å². The number of aromatic hydroxyl groups is 1. The van der Waals surface area contributed by atoms with Crippen molar-refractivity contribution in [3.8, 4) is 16.3 Å². The van der Waals surface area contributed by atoms with Gasteiger partial charge in [-0.15, -0.1) is 11.3 Å². The number of aromatic nitrogens is 1. The fraction of sp³-hybridized carbons (Fsp3) is 0.250. The number of hydrogen-bond acceptors (Lipinski definition) is 6. The van der Waals surface area contributed by atoms with Crippen LogP contribution in [0.2, 0.25) is 5.02 Å². The first-order chi connectivity index (χ1) is 18.4. The molecule has 0 bridgehead atoms. The smallest absolute Gasteiger partial charge is 0.410 e. The number of piperidine rings is 1. The zero-order valence-electron chi connectivity index (χ0n) is 20.3. The molecule has 38 heavy (non-hydrogen) atoms. The minimum Gasteiger partial charge on any atom is -0.507 e. The van der Waals surface area contributed by atoms with Crippen molar-refractivity contribution in [3.05, 3.63) is 82.6 Å². The second-order valence-corrected chi connectivity index (χ2v) is 10.5. The van der Waals surface area contributed by atoms with Crippen LogP contribution in [-0.2, 0) is 11.3 Å². The Morgan fingerprint density at radius 3 is 2.74 bits per heavy atom. The minimum absolute atomic E-state index is 0.107. The van der Waals surface area contributed by atoms with Gasteiger partial charge in [-0.05, 0) is 61.2 Å². The summed E-state index contributed by atoms with van der Waals surface area (Å²) in [7, 11) is 0. The summed E-state index contributed by atoms with van der Waals surface area (Å²) < 4.78 is 20.4. The summed E-state index contributed by atoms with van der Waals surface area (Å²) in [5, 5.41) is 14.1. The maximum atomic E-state index is 14.6. The molecule has 1 unspecified atom stereocenters. The van der Waals surface area contributed by atoms with Crippen LogP contribution in [0, 0.1) is 5.82 Å². The van der Waals surface area contributed by atoms with Gasteiger partial charge in [0.25, 0.3) is 5.91 Å². The van der Waals surface area contributed by atoms with Gasteiger partial charge in [0.1, 0.15) is 23.2 Å². The molecule has 2 saturated heterocycles. The van der Waals surface area contributed by atoms with E-state index in [0.717, 1.165) is 47.3 Å². The van der Waals surface area contributed by atoms with Gasteiger partial charge in [-0.1, -0.05) is 35.9 Å². The van der Waals surface area contributed by atoms with Crippen LogP contribution < -0.4 is 5.32 Å². The lowest BCUT2D eigenvalue weighted by molar-refractivity contribution is 0.0946. The number of thiazole rings is 1. The van der Waals surface area contributed by atoms with Gasteiger partial charge in [0.2, 0.25) is 0 Å². The van der Waals surface area contributed by atoms with E-state index in [2.05, 4.69) is 10.3 Å². The Morgan fingerprint density at radius 1 is 1.18 bits per heavy atom. The number of benzene rings is 3. The number of fused-ring (bicyclic) bond motifs is 2. The number of carbonyl (C=O) groups excluding carboxylic acids is 2. The maximum absolute atomic E-state index is 14.6. The lowest BCUT2D eigenvalue weighted by atomic mass is 10.0. The second kappa shape index (κ2) is 11.4. The van der Waals surface area contributed by atoms with Crippen molar-refractivity contribution < 1.29 is 23.8 Å². The van der Waals surface area contributed by atoms with E-state index in [-0.39, 0.29) is 29.5 Å². The van der Waals surface area contributed by atoms with Crippen LogP contribution in [0.3, 0.4) is 0 Å². The van der Waals surface area contributed by atoms with Crippen molar-refractivity contribution >= 4 is 45.2 Å². The van der Waals surface area contributed by atoms with E-state index in [1.54, 1.807) is 24.3 Å². The van der Waals surface area contributed by atoms with Crippen LogP contribution in [0.25, 0.3) is 20.8 Å². The van der Waals surface area contributed by atoms with Crippen LogP contribution in [-0.4, -0.2) is 46.2 Å². The molecule has 0 radical (unpaired) electrons. The predicted octanol–water partition coefficient (Wildman–Crippen LogP) is 6.38. The summed E-state index contributed by atoms with van der Waals surface area (Å²) in [5.74, 6) is -1.53. The van der Waals surface area contributed by atoms with E-state index in [4.69, 9.17) is 16.3 Å². The zero-order valence-corrected chi connectivity index (χ0v) is 21.9. The molecule has 196 valence electrons. The number of nitrogens with zero attached hydrogens (tertiary/aromatic N) is 2. The summed E-state index contributed by atoms with van der Waals surface area (Å²) in [5.41, 5.74) is 1.63. The number of cyclic esters (lactones) is 1. The zero-order chi connectivity index (χ0) is 26.6. The molecule has 0 saturated carbocycles. The molecular formula is C28H25ClFN3O4S. The van der Waals surface area contributed by atoms with Gasteiger partial charge in [-0.25, -0.2) is 14.2 Å². The summed E-state index contributed by atoms with van der Waals surface area (Å²) in [6.07, 6.45) is 3.42. The highest BCUT2D eigenvalue weighted by atomic mass is 35.5. The standard InChI is InChI=1S/C21H14ClFN2O2S.C7H11NO2/c22-13-7-5-12(6-8-13)11-24-20(27)14-10-18(26)15(9-16(14)23)21-25-17-3-1-2-4-19(17)28-21;9-7-8-4-2-1-3-6(8)5-10-7/h1-10,26H,11H2,(H,24,27);6H,1-5H2. The Balaban J connectivity index is 0.000000244. The Hall–Kier alpha value is -3.69. The molecule has 0 aliphatic carbocycles.